The standard InChI is InChI=1S/C14H18F2N2OS/c1-14(13(17)19,18-9-2-3-9)6-7-20-10-4-5-11(15)12(16)8-10/h4-5,8-9,18H,2-3,6-7H2,1H3,(H2,17,19). The van der Waals surface area contributed by atoms with Crippen LogP contribution in [-0.2, 0) is 4.79 Å². The second-order valence-electron chi connectivity index (χ2n) is 5.29. The first-order valence-electron chi connectivity index (χ1n) is 6.56. The number of nitrogens with one attached hydrogen (secondary N) is 1. The topological polar surface area (TPSA) is 55.1 Å². The zero-order chi connectivity index (χ0) is 14.8. The first kappa shape index (κ1) is 15.3. The van der Waals surface area contributed by atoms with Gasteiger partial charge in [0.1, 0.15) is 0 Å². The molecule has 0 radical (unpaired) electrons. The van der Waals surface area contributed by atoms with Crippen LogP contribution in [0.4, 0.5) is 8.78 Å². The van der Waals surface area contributed by atoms with Gasteiger partial charge in [0.2, 0.25) is 5.91 Å². The fraction of sp³-hybridized carbons (Fsp3) is 0.500. The van der Waals surface area contributed by atoms with Crippen molar-refractivity contribution in [2.75, 3.05) is 5.75 Å². The molecule has 1 aliphatic carbocycles. The molecule has 0 aromatic heterocycles. The molecule has 110 valence electrons. The Morgan fingerprint density at radius 2 is 2.15 bits per heavy atom. The summed E-state index contributed by atoms with van der Waals surface area (Å²) < 4.78 is 25.9. The summed E-state index contributed by atoms with van der Waals surface area (Å²) in [5.74, 6) is -1.49. The van der Waals surface area contributed by atoms with Gasteiger partial charge in [-0.2, -0.15) is 0 Å². The Labute approximate surface area is 121 Å². The van der Waals surface area contributed by atoms with Crippen molar-refractivity contribution in [2.45, 2.75) is 42.7 Å². The molecule has 3 nitrogen and oxygen atoms in total. The molecule has 1 saturated carbocycles. The van der Waals surface area contributed by atoms with Gasteiger partial charge in [-0.3, -0.25) is 4.79 Å². The summed E-state index contributed by atoms with van der Waals surface area (Å²) in [6.45, 7) is 1.79. The molecule has 1 aromatic carbocycles. The van der Waals surface area contributed by atoms with E-state index < -0.39 is 17.2 Å². The van der Waals surface area contributed by atoms with E-state index in [2.05, 4.69) is 5.32 Å². The zero-order valence-electron chi connectivity index (χ0n) is 11.3. The van der Waals surface area contributed by atoms with Crippen LogP contribution in [0.3, 0.4) is 0 Å². The monoisotopic (exact) mass is 300 g/mol. The summed E-state index contributed by atoms with van der Waals surface area (Å²) in [5.41, 5.74) is 4.71. The number of benzene rings is 1. The van der Waals surface area contributed by atoms with E-state index in [1.807, 2.05) is 0 Å². The van der Waals surface area contributed by atoms with Crippen LogP contribution >= 0.6 is 11.8 Å². The van der Waals surface area contributed by atoms with Crippen molar-refractivity contribution in [1.29, 1.82) is 0 Å². The van der Waals surface area contributed by atoms with Crippen molar-refractivity contribution in [3.63, 3.8) is 0 Å². The van der Waals surface area contributed by atoms with Crippen molar-refractivity contribution < 1.29 is 13.6 Å². The second kappa shape index (κ2) is 6.10. The fourth-order valence-electron chi connectivity index (χ4n) is 1.88. The quantitative estimate of drug-likeness (QED) is 0.761. The average Bonchev–Trinajstić information content (AvgIpc) is 3.17. The SMILES string of the molecule is CC(CCSc1ccc(F)c(F)c1)(NC1CC1)C(N)=O. The molecular formula is C14H18F2N2OS. The van der Waals surface area contributed by atoms with Crippen molar-refractivity contribution in [3.05, 3.63) is 29.8 Å². The number of halogens is 2. The van der Waals surface area contributed by atoms with Crippen molar-refractivity contribution >= 4 is 17.7 Å². The number of nitrogens with two attached hydrogens (primary N) is 1. The number of thioether (sulfide) groups is 1. The minimum Gasteiger partial charge on any atom is -0.368 e. The molecule has 20 heavy (non-hydrogen) atoms. The van der Waals surface area contributed by atoms with E-state index in [0.29, 0.717) is 23.1 Å². The van der Waals surface area contributed by atoms with Crippen LogP contribution in [0.5, 0.6) is 0 Å². The van der Waals surface area contributed by atoms with Gasteiger partial charge >= 0.3 is 0 Å². The Balaban J connectivity index is 1.89. The Morgan fingerprint density at radius 1 is 1.45 bits per heavy atom. The summed E-state index contributed by atoms with van der Waals surface area (Å²) in [4.78, 5) is 12.2. The van der Waals surface area contributed by atoms with Crippen LogP contribution in [0.1, 0.15) is 26.2 Å². The number of hydrogen-bond donors (Lipinski definition) is 2. The highest BCUT2D eigenvalue weighted by Gasteiger charge is 2.36. The molecule has 1 unspecified atom stereocenters. The lowest BCUT2D eigenvalue weighted by atomic mass is 9.98. The van der Waals surface area contributed by atoms with Gasteiger partial charge in [0.05, 0.1) is 5.54 Å². The molecule has 1 amide bonds. The molecule has 6 heteroatoms. The van der Waals surface area contributed by atoms with Crippen molar-refractivity contribution in [1.82, 2.24) is 5.32 Å². The van der Waals surface area contributed by atoms with Gasteiger partial charge in [0.25, 0.3) is 0 Å². The number of carbonyl (C=O) groups is 1. The third-order valence-electron chi connectivity index (χ3n) is 3.41. The largest absolute Gasteiger partial charge is 0.368 e. The number of amides is 1. The highest BCUT2D eigenvalue weighted by atomic mass is 32.2. The predicted molar refractivity (Wildman–Crippen MR) is 75.5 cm³/mol. The average molecular weight is 300 g/mol. The van der Waals surface area contributed by atoms with Crippen LogP contribution in [0.25, 0.3) is 0 Å². The molecule has 0 heterocycles. The molecular weight excluding hydrogens is 282 g/mol. The molecule has 2 rings (SSSR count). The number of primary amides is 1. The Kier molecular flexibility index (Phi) is 4.65. The Bertz CT molecular complexity index is 508. The first-order valence-corrected chi connectivity index (χ1v) is 7.55. The summed E-state index contributed by atoms with van der Waals surface area (Å²) in [6, 6.07) is 4.17. The Hall–Kier alpha value is -1.14. The lowest BCUT2D eigenvalue weighted by Gasteiger charge is -2.27. The minimum atomic E-state index is -0.858. The molecule has 1 aliphatic rings. The number of hydrogen-bond acceptors (Lipinski definition) is 3. The molecule has 1 atom stereocenters. The van der Waals surface area contributed by atoms with Crippen LogP contribution in [0.15, 0.2) is 23.1 Å². The highest BCUT2D eigenvalue weighted by molar-refractivity contribution is 7.99. The lowest BCUT2D eigenvalue weighted by Crippen LogP contribution is -2.54. The van der Waals surface area contributed by atoms with Gasteiger partial charge < -0.3 is 11.1 Å². The normalized spacial score (nSPS) is 17.8. The highest BCUT2D eigenvalue weighted by Crippen LogP contribution is 2.27. The molecule has 0 bridgehead atoms. The van der Waals surface area contributed by atoms with Gasteiger partial charge in [0.15, 0.2) is 11.6 Å². The third-order valence-corrected chi connectivity index (χ3v) is 4.40. The second-order valence-corrected chi connectivity index (χ2v) is 6.46. The van der Waals surface area contributed by atoms with Gasteiger partial charge in [-0.15, -0.1) is 11.8 Å². The maximum atomic E-state index is 13.1. The minimum absolute atomic E-state index is 0.376. The zero-order valence-corrected chi connectivity index (χ0v) is 12.1. The van der Waals surface area contributed by atoms with Crippen molar-refractivity contribution in [3.8, 4) is 0 Å². The summed E-state index contributed by atoms with van der Waals surface area (Å²) in [7, 11) is 0. The van der Waals surface area contributed by atoms with Crippen LogP contribution in [-0.4, -0.2) is 23.2 Å². The van der Waals surface area contributed by atoms with Crippen LogP contribution in [0.2, 0.25) is 0 Å². The van der Waals surface area contributed by atoms with E-state index in [1.165, 1.54) is 17.8 Å². The Morgan fingerprint density at radius 3 is 2.70 bits per heavy atom. The van der Waals surface area contributed by atoms with E-state index in [4.69, 9.17) is 5.73 Å². The summed E-state index contributed by atoms with van der Waals surface area (Å²) in [5, 5.41) is 3.25. The van der Waals surface area contributed by atoms with Crippen LogP contribution in [0, 0.1) is 11.6 Å². The van der Waals surface area contributed by atoms with E-state index in [1.54, 1.807) is 6.92 Å². The number of rotatable bonds is 7. The van der Waals surface area contributed by atoms with Crippen molar-refractivity contribution in [2.24, 2.45) is 5.73 Å². The van der Waals surface area contributed by atoms with E-state index in [-0.39, 0.29) is 5.91 Å². The third kappa shape index (κ3) is 3.93. The van der Waals surface area contributed by atoms with Gasteiger partial charge in [-0.25, -0.2) is 8.78 Å². The molecule has 0 saturated heterocycles. The summed E-state index contributed by atoms with van der Waals surface area (Å²) >= 11 is 1.38. The van der Waals surface area contributed by atoms with Crippen LogP contribution < -0.4 is 11.1 Å². The summed E-state index contributed by atoms with van der Waals surface area (Å²) in [6.07, 6.45) is 2.68. The fourth-order valence-corrected chi connectivity index (χ4v) is 2.98. The predicted octanol–water partition coefficient (Wildman–Crippen LogP) is 2.44. The molecule has 1 fully saturated rings. The smallest absolute Gasteiger partial charge is 0.237 e. The maximum absolute atomic E-state index is 13.1. The molecule has 1 aromatic rings. The van der Waals surface area contributed by atoms with E-state index in [9.17, 15) is 13.6 Å². The van der Waals surface area contributed by atoms with Gasteiger partial charge in [-0.1, -0.05) is 0 Å². The van der Waals surface area contributed by atoms with Gasteiger partial charge in [0, 0.05) is 16.7 Å². The lowest BCUT2D eigenvalue weighted by molar-refractivity contribution is -0.124. The molecule has 3 N–H and O–H groups in total. The first-order chi connectivity index (χ1) is 9.40. The molecule has 0 spiro atoms. The van der Waals surface area contributed by atoms with E-state index in [0.717, 1.165) is 25.0 Å². The number of carbonyl (C=O) groups excluding carboxylic acids is 1. The maximum Gasteiger partial charge on any atom is 0.237 e. The molecule has 0 aliphatic heterocycles. The van der Waals surface area contributed by atoms with Gasteiger partial charge in [-0.05, 0) is 44.4 Å². The van der Waals surface area contributed by atoms with E-state index >= 15 is 0 Å².